The predicted molar refractivity (Wildman–Crippen MR) is 89.7 cm³/mol. The first kappa shape index (κ1) is 17.4. The van der Waals surface area contributed by atoms with Gasteiger partial charge in [0.2, 0.25) is 5.91 Å². The van der Waals surface area contributed by atoms with Gasteiger partial charge in [-0.25, -0.2) is 0 Å². The summed E-state index contributed by atoms with van der Waals surface area (Å²) in [5.41, 5.74) is 2.90. The van der Waals surface area contributed by atoms with E-state index in [1.165, 1.54) is 9.58 Å². The van der Waals surface area contributed by atoms with Gasteiger partial charge in [-0.2, -0.15) is 15.5 Å². The molecule has 2 aromatic rings. The number of nitrogens with zero attached hydrogens (tertiary/aromatic N) is 6. The maximum atomic E-state index is 11.7. The highest BCUT2D eigenvalue weighted by Gasteiger charge is 2.15. The molecular formula is C16H21N7O. The van der Waals surface area contributed by atoms with E-state index in [0.29, 0.717) is 23.5 Å². The van der Waals surface area contributed by atoms with Gasteiger partial charge in [-0.3, -0.25) is 9.48 Å². The van der Waals surface area contributed by atoms with Crippen LogP contribution in [-0.2, 0) is 24.2 Å². The normalized spacial score (nSPS) is 10.3. The molecule has 1 N–H and O–H groups in total. The van der Waals surface area contributed by atoms with Crippen LogP contribution in [0.25, 0.3) is 0 Å². The lowest BCUT2D eigenvalue weighted by Crippen LogP contribution is -2.26. The molecular weight excluding hydrogens is 306 g/mol. The first-order chi connectivity index (χ1) is 11.5. The van der Waals surface area contributed by atoms with Crippen LogP contribution in [0.1, 0.15) is 30.7 Å². The number of hydrogen-bond donors (Lipinski definition) is 1. The molecule has 0 saturated heterocycles. The highest BCUT2D eigenvalue weighted by molar-refractivity contribution is 5.75. The number of rotatable bonds is 6. The van der Waals surface area contributed by atoms with Crippen molar-refractivity contribution < 1.29 is 4.79 Å². The summed E-state index contributed by atoms with van der Waals surface area (Å²) in [6.45, 7) is 4.13. The molecule has 8 nitrogen and oxygen atoms in total. The maximum Gasteiger partial charge on any atom is 0.243 e. The Balaban J connectivity index is 2.25. The van der Waals surface area contributed by atoms with Gasteiger partial charge in [0.1, 0.15) is 18.2 Å². The van der Waals surface area contributed by atoms with Crippen molar-refractivity contribution in [3.8, 4) is 6.07 Å². The maximum absolute atomic E-state index is 11.7. The molecule has 126 valence electrons. The Labute approximate surface area is 141 Å². The van der Waals surface area contributed by atoms with Gasteiger partial charge in [-0.1, -0.05) is 13.8 Å². The van der Waals surface area contributed by atoms with E-state index in [9.17, 15) is 10.1 Å². The minimum atomic E-state index is -0.0530. The molecule has 0 unspecified atom stereocenters. The van der Waals surface area contributed by atoms with Crippen molar-refractivity contribution in [1.29, 1.82) is 5.26 Å². The topological polar surface area (TPSA) is 99.7 Å². The summed E-state index contributed by atoms with van der Waals surface area (Å²) in [4.78, 5) is 13.2. The molecule has 2 rings (SSSR count). The molecule has 1 amide bonds. The average molecular weight is 327 g/mol. The number of carbonyl (C=O) groups excluding carboxylic acids is 1. The molecule has 2 aromatic heterocycles. The zero-order chi connectivity index (χ0) is 17.7. The fraction of sp³-hybridized carbons (Fsp3) is 0.438. The molecule has 0 bridgehead atoms. The molecule has 0 aliphatic heterocycles. The van der Waals surface area contributed by atoms with Crippen molar-refractivity contribution in [2.24, 2.45) is 0 Å². The van der Waals surface area contributed by atoms with Crippen molar-refractivity contribution in [1.82, 2.24) is 24.9 Å². The third kappa shape index (κ3) is 3.68. The molecule has 0 saturated carbocycles. The lowest BCUT2D eigenvalue weighted by molar-refractivity contribution is -0.129. The summed E-state index contributed by atoms with van der Waals surface area (Å²) in [6.07, 6.45) is 4.73. The van der Waals surface area contributed by atoms with Gasteiger partial charge < -0.3 is 10.2 Å². The second-order valence-electron chi connectivity index (χ2n) is 5.51. The van der Waals surface area contributed by atoms with Crippen molar-refractivity contribution in [2.45, 2.75) is 33.2 Å². The molecule has 0 atom stereocenters. The standard InChI is InChI=1S/C16H21N7O/c1-5-12-13(7-17)16(21-20-14(12)6-2)19-11-8-18-23(9-11)10-15(24)22(3)4/h8-9H,5-6,10H2,1-4H3,(H,19,21). The lowest BCUT2D eigenvalue weighted by Gasteiger charge is -2.11. The molecule has 0 radical (unpaired) electrons. The predicted octanol–water partition coefficient (Wildman–Crippen LogP) is 1.50. The lowest BCUT2D eigenvalue weighted by atomic mass is 10.0. The number of amides is 1. The SMILES string of the molecule is CCc1nnc(Nc2cnn(CC(=O)N(C)C)c2)c(C#N)c1CC. The van der Waals surface area contributed by atoms with Crippen LogP contribution < -0.4 is 5.32 Å². The van der Waals surface area contributed by atoms with E-state index in [-0.39, 0.29) is 12.5 Å². The van der Waals surface area contributed by atoms with Crippen molar-refractivity contribution in [2.75, 3.05) is 19.4 Å². The van der Waals surface area contributed by atoms with Gasteiger partial charge in [-0.05, 0) is 18.4 Å². The summed E-state index contributed by atoms with van der Waals surface area (Å²) in [5, 5.41) is 25.0. The Kier molecular flexibility index (Phi) is 5.47. The highest BCUT2D eigenvalue weighted by atomic mass is 16.2. The van der Waals surface area contributed by atoms with Crippen LogP contribution in [0, 0.1) is 11.3 Å². The van der Waals surface area contributed by atoms with Crippen LogP contribution in [0.3, 0.4) is 0 Å². The first-order valence-corrected chi connectivity index (χ1v) is 7.78. The van der Waals surface area contributed by atoms with Crippen molar-refractivity contribution >= 4 is 17.4 Å². The Morgan fingerprint density at radius 2 is 2.08 bits per heavy atom. The van der Waals surface area contributed by atoms with E-state index in [0.717, 1.165) is 17.7 Å². The minimum Gasteiger partial charge on any atom is -0.347 e. The van der Waals surface area contributed by atoms with Crippen molar-refractivity contribution in [3.05, 3.63) is 29.2 Å². The smallest absolute Gasteiger partial charge is 0.243 e. The van der Waals surface area contributed by atoms with Crippen LogP contribution >= 0.6 is 0 Å². The third-order valence-corrected chi connectivity index (χ3v) is 3.65. The molecule has 2 heterocycles. The summed E-state index contributed by atoms with van der Waals surface area (Å²) >= 11 is 0. The van der Waals surface area contributed by atoms with Gasteiger partial charge in [0.15, 0.2) is 5.82 Å². The molecule has 0 aromatic carbocycles. The average Bonchev–Trinajstić information content (AvgIpc) is 3.00. The highest BCUT2D eigenvalue weighted by Crippen LogP contribution is 2.23. The summed E-state index contributed by atoms with van der Waals surface area (Å²) in [7, 11) is 3.39. The Morgan fingerprint density at radius 1 is 1.33 bits per heavy atom. The van der Waals surface area contributed by atoms with E-state index < -0.39 is 0 Å². The Bertz CT molecular complexity index is 773. The zero-order valence-corrected chi connectivity index (χ0v) is 14.4. The van der Waals surface area contributed by atoms with Crippen LogP contribution in [0.15, 0.2) is 12.4 Å². The van der Waals surface area contributed by atoms with Gasteiger partial charge in [0, 0.05) is 20.3 Å². The monoisotopic (exact) mass is 327 g/mol. The molecule has 24 heavy (non-hydrogen) atoms. The van der Waals surface area contributed by atoms with Crippen LogP contribution in [0.4, 0.5) is 11.5 Å². The molecule has 8 heteroatoms. The van der Waals surface area contributed by atoms with Crippen LogP contribution in [0.5, 0.6) is 0 Å². The number of aryl methyl sites for hydroxylation is 1. The van der Waals surface area contributed by atoms with E-state index in [4.69, 9.17) is 0 Å². The largest absolute Gasteiger partial charge is 0.347 e. The fourth-order valence-electron chi connectivity index (χ4n) is 2.31. The second-order valence-corrected chi connectivity index (χ2v) is 5.51. The van der Waals surface area contributed by atoms with Gasteiger partial charge in [-0.15, -0.1) is 5.10 Å². The number of nitrogens with one attached hydrogen (secondary N) is 1. The summed E-state index contributed by atoms with van der Waals surface area (Å²) in [6, 6.07) is 2.21. The molecule has 0 aliphatic rings. The van der Waals surface area contributed by atoms with E-state index >= 15 is 0 Å². The van der Waals surface area contributed by atoms with Gasteiger partial charge in [0.05, 0.1) is 17.6 Å². The Hall–Kier alpha value is -2.95. The number of likely N-dealkylation sites (N-methyl/N-ethyl adjacent to an activating group) is 1. The molecule has 0 spiro atoms. The third-order valence-electron chi connectivity index (χ3n) is 3.65. The van der Waals surface area contributed by atoms with Crippen LogP contribution in [-0.4, -0.2) is 44.9 Å². The number of hydrogen-bond acceptors (Lipinski definition) is 6. The van der Waals surface area contributed by atoms with Crippen molar-refractivity contribution in [3.63, 3.8) is 0 Å². The van der Waals surface area contributed by atoms with E-state index in [2.05, 4.69) is 26.7 Å². The fourth-order valence-corrected chi connectivity index (χ4v) is 2.31. The van der Waals surface area contributed by atoms with E-state index in [1.807, 2.05) is 13.8 Å². The second kappa shape index (κ2) is 7.55. The van der Waals surface area contributed by atoms with Gasteiger partial charge >= 0.3 is 0 Å². The number of nitriles is 1. The van der Waals surface area contributed by atoms with Gasteiger partial charge in [0.25, 0.3) is 0 Å². The van der Waals surface area contributed by atoms with E-state index in [1.54, 1.807) is 26.5 Å². The number of anilines is 2. The summed E-state index contributed by atoms with van der Waals surface area (Å²) < 4.78 is 1.53. The quantitative estimate of drug-likeness (QED) is 0.863. The Morgan fingerprint density at radius 3 is 2.67 bits per heavy atom. The minimum absolute atomic E-state index is 0.0530. The molecule has 0 aliphatic carbocycles. The molecule has 0 fully saturated rings. The number of aromatic nitrogens is 4. The zero-order valence-electron chi connectivity index (χ0n) is 14.4. The number of carbonyl (C=O) groups is 1. The first-order valence-electron chi connectivity index (χ1n) is 7.78. The van der Waals surface area contributed by atoms with Crippen LogP contribution in [0.2, 0.25) is 0 Å². The summed E-state index contributed by atoms with van der Waals surface area (Å²) in [5.74, 6) is 0.354.